The van der Waals surface area contributed by atoms with Gasteiger partial charge in [-0.25, -0.2) is 0 Å². The lowest BCUT2D eigenvalue weighted by atomic mass is 9.67. The molecule has 0 radical (unpaired) electrons. The van der Waals surface area contributed by atoms with Gasteiger partial charge in [-0.2, -0.15) is 0 Å². The van der Waals surface area contributed by atoms with Crippen molar-refractivity contribution in [2.45, 2.75) is 25.3 Å². The van der Waals surface area contributed by atoms with Crippen LogP contribution in [0.1, 0.15) is 24.8 Å². The van der Waals surface area contributed by atoms with E-state index in [1.807, 2.05) is 0 Å². The van der Waals surface area contributed by atoms with Crippen LogP contribution in [0.15, 0.2) is 28.7 Å². The van der Waals surface area contributed by atoms with Crippen molar-refractivity contribution in [1.29, 1.82) is 0 Å². The molecular formula is C12H16BrN. The second-order valence-electron chi connectivity index (χ2n) is 4.15. The lowest BCUT2D eigenvalue weighted by molar-refractivity contribution is 0.194. The van der Waals surface area contributed by atoms with E-state index in [2.05, 4.69) is 59.5 Å². The predicted octanol–water partition coefficient (Wildman–Crippen LogP) is 3.16. The summed E-state index contributed by atoms with van der Waals surface area (Å²) < 4.78 is 1.17. The first-order valence-electron chi connectivity index (χ1n) is 5.15. The standard InChI is InChI=1S/C12H16BrN/c1-8-11(7-12(8)14-2)9-3-5-10(13)6-4-9/h3-6,8,11-12,14H,7H2,1-2H3. The predicted molar refractivity (Wildman–Crippen MR) is 63.5 cm³/mol. The van der Waals surface area contributed by atoms with E-state index in [1.165, 1.54) is 16.5 Å². The fourth-order valence-electron chi connectivity index (χ4n) is 2.32. The van der Waals surface area contributed by atoms with Gasteiger partial charge in [-0.1, -0.05) is 35.0 Å². The molecule has 0 saturated heterocycles. The van der Waals surface area contributed by atoms with Crippen LogP contribution in [0.3, 0.4) is 0 Å². The van der Waals surface area contributed by atoms with Crippen molar-refractivity contribution < 1.29 is 0 Å². The Morgan fingerprint density at radius 1 is 1.29 bits per heavy atom. The Balaban J connectivity index is 2.07. The lowest BCUT2D eigenvalue weighted by Gasteiger charge is -2.43. The summed E-state index contributed by atoms with van der Waals surface area (Å²) in [6, 6.07) is 9.45. The number of benzene rings is 1. The van der Waals surface area contributed by atoms with Gasteiger partial charge in [-0.3, -0.25) is 0 Å². The van der Waals surface area contributed by atoms with E-state index >= 15 is 0 Å². The molecule has 0 heterocycles. The third-order valence-electron chi connectivity index (χ3n) is 3.45. The van der Waals surface area contributed by atoms with Crippen molar-refractivity contribution in [3.63, 3.8) is 0 Å². The van der Waals surface area contributed by atoms with Crippen molar-refractivity contribution in [2.75, 3.05) is 7.05 Å². The molecular weight excluding hydrogens is 238 g/mol. The van der Waals surface area contributed by atoms with Crippen LogP contribution in [0.4, 0.5) is 0 Å². The Kier molecular flexibility index (Phi) is 2.93. The normalized spacial score (nSPS) is 31.2. The summed E-state index contributed by atoms with van der Waals surface area (Å²) in [5.41, 5.74) is 1.48. The minimum atomic E-state index is 0.712. The van der Waals surface area contributed by atoms with Gasteiger partial charge in [-0.15, -0.1) is 0 Å². The van der Waals surface area contributed by atoms with Crippen LogP contribution < -0.4 is 5.32 Å². The van der Waals surface area contributed by atoms with E-state index in [-0.39, 0.29) is 0 Å². The molecule has 14 heavy (non-hydrogen) atoms. The largest absolute Gasteiger partial charge is 0.317 e. The zero-order chi connectivity index (χ0) is 10.1. The van der Waals surface area contributed by atoms with Gasteiger partial charge in [0.25, 0.3) is 0 Å². The third-order valence-corrected chi connectivity index (χ3v) is 3.97. The maximum Gasteiger partial charge on any atom is 0.0175 e. The molecule has 1 fully saturated rings. The van der Waals surface area contributed by atoms with Gasteiger partial charge in [0.05, 0.1) is 0 Å². The SMILES string of the molecule is CNC1CC(c2ccc(Br)cc2)C1C. The van der Waals surface area contributed by atoms with E-state index in [1.54, 1.807) is 0 Å². The van der Waals surface area contributed by atoms with Crippen LogP contribution in [-0.4, -0.2) is 13.1 Å². The van der Waals surface area contributed by atoms with Crippen LogP contribution >= 0.6 is 15.9 Å². The fraction of sp³-hybridized carbons (Fsp3) is 0.500. The average molecular weight is 254 g/mol. The zero-order valence-electron chi connectivity index (χ0n) is 8.63. The number of hydrogen-bond acceptors (Lipinski definition) is 1. The van der Waals surface area contributed by atoms with Gasteiger partial charge in [0.1, 0.15) is 0 Å². The first kappa shape index (κ1) is 10.2. The van der Waals surface area contributed by atoms with Crippen molar-refractivity contribution in [2.24, 2.45) is 5.92 Å². The highest BCUT2D eigenvalue weighted by Gasteiger charge is 2.37. The molecule has 1 aliphatic rings. The Bertz CT molecular complexity index is 307. The molecule has 1 aromatic rings. The monoisotopic (exact) mass is 253 g/mol. The van der Waals surface area contributed by atoms with Crippen LogP contribution in [-0.2, 0) is 0 Å². The van der Waals surface area contributed by atoms with Crippen molar-refractivity contribution >= 4 is 15.9 Å². The Labute approximate surface area is 94.0 Å². The molecule has 1 N–H and O–H groups in total. The third kappa shape index (κ3) is 1.73. The van der Waals surface area contributed by atoms with E-state index in [0.29, 0.717) is 6.04 Å². The Hall–Kier alpha value is -0.340. The molecule has 0 aromatic heterocycles. The Morgan fingerprint density at radius 3 is 2.43 bits per heavy atom. The van der Waals surface area contributed by atoms with Crippen molar-refractivity contribution in [3.8, 4) is 0 Å². The molecule has 0 amide bonds. The molecule has 2 heteroatoms. The van der Waals surface area contributed by atoms with Gasteiger partial charge in [0, 0.05) is 10.5 Å². The summed E-state index contributed by atoms with van der Waals surface area (Å²) in [6.07, 6.45) is 1.28. The zero-order valence-corrected chi connectivity index (χ0v) is 10.2. The highest BCUT2D eigenvalue weighted by atomic mass is 79.9. The van der Waals surface area contributed by atoms with Crippen LogP contribution in [0, 0.1) is 5.92 Å². The lowest BCUT2D eigenvalue weighted by Crippen LogP contribution is -2.46. The molecule has 3 unspecified atom stereocenters. The topological polar surface area (TPSA) is 12.0 Å². The molecule has 0 aliphatic heterocycles. The first-order valence-corrected chi connectivity index (χ1v) is 5.94. The van der Waals surface area contributed by atoms with E-state index in [4.69, 9.17) is 0 Å². The summed E-state index contributed by atoms with van der Waals surface area (Å²) in [6.45, 7) is 2.33. The molecule has 1 saturated carbocycles. The van der Waals surface area contributed by atoms with Gasteiger partial charge in [0.2, 0.25) is 0 Å². The maximum atomic E-state index is 3.46. The number of hydrogen-bond donors (Lipinski definition) is 1. The fourth-order valence-corrected chi connectivity index (χ4v) is 2.58. The summed E-state index contributed by atoms with van der Waals surface area (Å²) in [5, 5.41) is 3.35. The average Bonchev–Trinajstić information content (AvgIpc) is 2.19. The van der Waals surface area contributed by atoms with E-state index in [9.17, 15) is 0 Å². The second-order valence-corrected chi connectivity index (χ2v) is 5.06. The van der Waals surface area contributed by atoms with Crippen molar-refractivity contribution in [3.05, 3.63) is 34.3 Å². The van der Waals surface area contributed by atoms with Gasteiger partial charge in [-0.05, 0) is 43.0 Å². The number of nitrogens with one attached hydrogen (secondary N) is 1. The van der Waals surface area contributed by atoms with Gasteiger partial charge < -0.3 is 5.32 Å². The van der Waals surface area contributed by atoms with Crippen molar-refractivity contribution in [1.82, 2.24) is 5.32 Å². The summed E-state index contributed by atoms with van der Waals surface area (Å²) in [7, 11) is 2.05. The summed E-state index contributed by atoms with van der Waals surface area (Å²) in [4.78, 5) is 0. The maximum absolute atomic E-state index is 3.46. The van der Waals surface area contributed by atoms with Gasteiger partial charge >= 0.3 is 0 Å². The molecule has 1 aromatic carbocycles. The molecule has 76 valence electrons. The first-order chi connectivity index (χ1) is 6.72. The molecule has 3 atom stereocenters. The molecule has 1 nitrogen and oxygen atoms in total. The molecule has 1 aliphatic carbocycles. The Morgan fingerprint density at radius 2 is 1.93 bits per heavy atom. The minimum absolute atomic E-state index is 0.712. The molecule has 0 bridgehead atoms. The number of halogens is 1. The van der Waals surface area contributed by atoms with Gasteiger partial charge in [0.15, 0.2) is 0 Å². The van der Waals surface area contributed by atoms with E-state index in [0.717, 1.165) is 11.8 Å². The van der Waals surface area contributed by atoms with Crippen LogP contribution in [0.5, 0.6) is 0 Å². The second kappa shape index (κ2) is 4.03. The summed E-state index contributed by atoms with van der Waals surface area (Å²) >= 11 is 3.46. The van der Waals surface area contributed by atoms with E-state index < -0.39 is 0 Å². The highest BCUT2D eigenvalue weighted by molar-refractivity contribution is 9.10. The minimum Gasteiger partial charge on any atom is -0.317 e. The van der Waals surface area contributed by atoms with Crippen LogP contribution in [0.2, 0.25) is 0 Å². The summed E-state index contributed by atoms with van der Waals surface area (Å²) in [5.74, 6) is 1.52. The molecule has 0 spiro atoms. The molecule has 2 rings (SSSR count). The smallest absolute Gasteiger partial charge is 0.0175 e. The highest BCUT2D eigenvalue weighted by Crippen LogP contribution is 2.42. The number of rotatable bonds is 2. The quantitative estimate of drug-likeness (QED) is 0.854. The van der Waals surface area contributed by atoms with Crippen LogP contribution in [0.25, 0.3) is 0 Å².